The summed E-state index contributed by atoms with van der Waals surface area (Å²) in [4.78, 5) is 0. The first kappa shape index (κ1) is 30.5. The Morgan fingerprint density at radius 1 is 0.818 bits per heavy atom. The van der Waals surface area contributed by atoms with Gasteiger partial charge in [-0.1, -0.05) is 78.8 Å². The Morgan fingerprint density at radius 3 is 1.82 bits per heavy atom. The van der Waals surface area contributed by atoms with Crippen molar-refractivity contribution in [2.45, 2.75) is 110 Å². The Morgan fingerprint density at radius 2 is 1.33 bits per heavy atom. The van der Waals surface area contributed by atoms with Crippen molar-refractivity contribution in [3.8, 4) is 0 Å². The maximum atomic E-state index is 11.4. The third-order valence-corrected chi connectivity index (χ3v) is 16.9. The van der Waals surface area contributed by atoms with Crippen LogP contribution in [0, 0.1) is 11.8 Å². The average Bonchev–Trinajstić information content (AvgIpc) is 2.67. The second-order valence-electron chi connectivity index (χ2n) is 12.8. The van der Waals surface area contributed by atoms with Crippen molar-refractivity contribution >= 4 is 16.6 Å². The van der Waals surface area contributed by atoms with Crippen LogP contribution >= 0.6 is 0 Å². The fourth-order valence-electron chi connectivity index (χ4n) is 3.20. The number of ether oxygens (including phenoxy) is 1. The van der Waals surface area contributed by atoms with E-state index in [1.807, 2.05) is 18.2 Å². The number of hydrogen-bond donors (Lipinski definition) is 1. The summed E-state index contributed by atoms with van der Waals surface area (Å²) < 4.78 is 19.3. The first-order valence-corrected chi connectivity index (χ1v) is 18.3. The minimum Gasteiger partial charge on any atom is -0.416 e. The maximum absolute atomic E-state index is 11.4. The van der Waals surface area contributed by atoms with Crippen LogP contribution in [0.3, 0.4) is 0 Å². The summed E-state index contributed by atoms with van der Waals surface area (Å²) in [5, 5.41) is 11.7. The molecule has 4 atom stereocenters. The molecule has 4 nitrogen and oxygen atoms in total. The van der Waals surface area contributed by atoms with Gasteiger partial charge in [0.25, 0.3) is 0 Å². The smallest absolute Gasteiger partial charge is 0.192 e. The van der Waals surface area contributed by atoms with E-state index in [-0.39, 0.29) is 28.0 Å². The zero-order valence-electron chi connectivity index (χ0n) is 23.5. The molecule has 0 fully saturated rings. The number of benzene rings is 1. The van der Waals surface area contributed by atoms with E-state index in [4.69, 9.17) is 13.6 Å². The standard InChI is InChI=1S/C27H52O4Si2/c1-21(18-30-32(9,10)26(3,4)5)25(28)24(20-29-19-23-16-14-13-15-17-23)22(2)31-33(11,12)27(6,7)8/h13-17,21-22,24-25,28H,18-20H2,1-12H3/t21-,22+,24+,25-/m0/s1. The Labute approximate surface area is 206 Å². The quantitative estimate of drug-likeness (QED) is 0.310. The molecular weight excluding hydrogens is 444 g/mol. The molecule has 0 saturated heterocycles. The molecule has 0 aliphatic heterocycles. The molecule has 1 aromatic carbocycles. The highest BCUT2D eigenvalue weighted by atomic mass is 28.4. The molecule has 192 valence electrons. The van der Waals surface area contributed by atoms with Crippen LogP contribution in [-0.4, -0.2) is 47.2 Å². The highest BCUT2D eigenvalue weighted by molar-refractivity contribution is 6.74. The lowest BCUT2D eigenvalue weighted by molar-refractivity contribution is -0.0573. The van der Waals surface area contributed by atoms with Gasteiger partial charge in [0, 0.05) is 24.5 Å². The lowest BCUT2D eigenvalue weighted by atomic mass is 9.89. The zero-order chi connectivity index (χ0) is 25.7. The monoisotopic (exact) mass is 496 g/mol. The van der Waals surface area contributed by atoms with Crippen LogP contribution in [-0.2, 0) is 20.2 Å². The Kier molecular flexibility index (Phi) is 11.1. The Balaban J connectivity index is 2.94. The van der Waals surface area contributed by atoms with E-state index in [1.165, 1.54) is 0 Å². The number of aliphatic hydroxyl groups excluding tert-OH is 1. The van der Waals surface area contributed by atoms with Crippen LogP contribution in [0.5, 0.6) is 0 Å². The summed E-state index contributed by atoms with van der Waals surface area (Å²) in [5.41, 5.74) is 1.14. The summed E-state index contributed by atoms with van der Waals surface area (Å²) in [6, 6.07) is 10.2. The molecule has 0 radical (unpaired) electrons. The van der Waals surface area contributed by atoms with Crippen LogP contribution in [0.2, 0.25) is 36.3 Å². The average molecular weight is 497 g/mol. The van der Waals surface area contributed by atoms with Gasteiger partial charge >= 0.3 is 0 Å². The fourth-order valence-corrected chi connectivity index (χ4v) is 5.78. The van der Waals surface area contributed by atoms with Gasteiger partial charge in [-0.05, 0) is 48.8 Å². The third kappa shape index (κ3) is 9.23. The zero-order valence-corrected chi connectivity index (χ0v) is 25.5. The van der Waals surface area contributed by atoms with Crippen molar-refractivity contribution in [2.75, 3.05) is 13.2 Å². The molecule has 0 aliphatic rings. The van der Waals surface area contributed by atoms with Gasteiger partial charge in [0.05, 0.1) is 19.3 Å². The van der Waals surface area contributed by atoms with E-state index < -0.39 is 22.7 Å². The molecule has 1 aromatic rings. The number of hydrogen-bond acceptors (Lipinski definition) is 4. The van der Waals surface area contributed by atoms with Gasteiger partial charge in [-0.25, -0.2) is 0 Å². The fraction of sp³-hybridized carbons (Fsp3) is 0.778. The van der Waals surface area contributed by atoms with Gasteiger partial charge in [0.2, 0.25) is 0 Å². The van der Waals surface area contributed by atoms with Gasteiger partial charge in [-0.15, -0.1) is 0 Å². The maximum Gasteiger partial charge on any atom is 0.192 e. The first-order valence-electron chi connectivity index (χ1n) is 12.5. The first-order chi connectivity index (χ1) is 14.9. The van der Waals surface area contributed by atoms with E-state index in [0.717, 1.165) is 5.56 Å². The van der Waals surface area contributed by atoms with E-state index in [9.17, 15) is 5.11 Å². The van der Waals surface area contributed by atoms with Crippen molar-refractivity contribution < 1.29 is 18.7 Å². The van der Waals surface area contributed by atoms with Gasteiger partial charge in [0.1, 0.15) is 0 Å². The molecule has 33 heavy (non-hydrogen) atoms. The SMILES string of the molecule is C[C@@H](CO[Si](C)(C)C(C)(C)C)[C@H](O)[C@H](COCc1ccccc1)[C@@H](C)O[Si](C)(C)C(C)(C)C. The largest absolute Gasteiger partial charge is 0.416 e. The van der Waals surface area contributed by atoms with E-state index in [2.05, 4.69) is 93.7 Å². The third-order valence-electron chi connectivity index (χ3n) is 7.85. The lowest BCUT2D eigenvalue weighted by Gasteiger charge is -2.42. The second-order valence-corrected chi connectivity index (χ2v) is 22.4. The summed E-state index contributed by atoms with van der Waals surface area (Å²) in [7, 11) is -3.85. The topological polar surface area (TPSA) is 47.9 Å². The molecule has 0 spiro atoms. The van der Waals surface area contributed by atoms with Crippen LogP contribution in [0.15, 0.2) is 30.3 Å². The number of rotatable bonds is 12. The van der Waals surface area contributed by atoms with Gasteiger partial charge in [-0.3, -0.25) is 0 Å². The highest BCUT2D eigenvalue weighted by Gasteiger charge is 2.42. The van der Waals surface area contributed by atoms with Crippen molar-refractivity contribution in [1.29, 1.82) is 0 Å². The molecule has 0 aromatic heterocycles. The van der Waals surface area contributed by atoms with Crippen molar-refractivity contribution in [3.05, 3.63) is 35.9 Å². The molecule has 6 heteroatoms. The minimum absolute atomic E-state index is 0.00471. The van der Waals surface area contributed by atoms with Crippen LogP contribution < -0.4 is 0 Å². The van der Waals surface area contributed by atoms with Crippen molar-refractivity contribution in [2.24, 2.45) is 11.8 Å². The number of aliphatic hydroxyl groups is 1. The molecule has 0 heterocycles. The molecule has 0 amide bonds. The highest BCUT2D eigenvalue weighted by Crippen LogP contribution is 2.39. The molecule has 1 N–H and O–H groups in total. The van der Waals surface area contributed by atoms with Gasteiger partial charge < -0.3 is 18.7 Å². The molecule has 0 saturated carbocycles. The van der Waals surface area contributed by atoms with Gasteiger partial charge in [-0.2, -0.15) is 0 Å². The Hall–Kier alpha value is -0.506. The van der Waals surface area contributed by atoms with Gasteiger partial charge in [0.15, 0.2) is 16.6 Å². The van der Waals surface area contributed by atoms with Crippen LogP contribution in [0.4, 0.5) is 0 Å². The minimum atomic E-state index is -1.98. The summed E-state index contributed by atoms with van der Waals surface area (Å²) in [6.45, 7) is 28.3. The summed E-state index contributed by atoms with van der Waals surface area (Å²) in [5.74, 6) is -0.129. The predicted molar refractivity (Wildman–Crippen MR) is 146 cm³/mol. The molecule has 1 rings (SSSR count). The van der Waals surface area contributed by atoms with E-state index >= 15 is 0 Å². The summed E-state index contributed by atoms with van der Waals surface area (Å²) >= 11 is 0. The van der Waals surface area contributed by atoms with Crippen molar-refractivity contribution in [3.63, 3.8) is 0 Å². The molecule has 0 aliphatic carbocycles. The van der Waals surface area contributed by atoms with E-state index in [0.29, 0.717) is 19.8 Å². The lowest BCUT2D eigenvalue weighted by Crippen LogP contribution is -2.49. The molecule has 0 bridgehead atoms. The predicted octanol–water partition coefficient (Wildman–Crippen LogP) is 7.25. The normalized spacial score (nSPS) is 17.5. The van der Waals surface area contributed by atoms with Crippen molar-refractivity contribution in [1.82, 2.24) is 0 Å². The molecule has 0 unspecified atom stereocenters. The van der Waals surface area contributed by atoms with E-state index in [1.54, 1.807) is 0 Å². The molecular formula is C27H52O4Si2. The Bertz CT molecular complexity index is 692. The van der Waals surface area contributed by atoms with Crippen LogP contribution in [0.25, 0.3) is 0 Å². The summed E-state index contributed by atoms with van der Waals surface area (Å²) in [6.07, 6.45) is -0.669. The van der Waals surface area contributed by atoms with Crippen LogP contribution in [0.1, 0.15) is 61.0 Å². The second kappa shape index (κ2) is 12.0.